The lowest BCUT2D eigenvalue weighted by atomic mass is 9.47. The van der Waals surface area contributed by atoms with E-state index in [-0.39, 0.29) is 52.2 Å². The van der Waals surface area contributed by atoms with Crippen LogP contribution in [0, 0.1) is 22.7 Å². The van der Waals surface area contributed by atoms with Crippen LogP contribution in [0.15, 0.2) is 23.8 Å². The number of ether oxygens (including phenoxy) is 2. The van der Waals surface area contributed by atoms with Crippen molar-refractivity contribution < 1.29 is 23.9 Å². The van der Waals surface area contributed by atoms with Crippen LogP contribution in [0.4, 0.5) is 0 Å². The number of fused-ring (bicyclic) bond motifs is 3. The molecule has 0 aromatic heterocycles. The Hall–Kier alpha value is -1.40. The van der Waals surface area contributed by atoms with E-state index in [1.165, 1.54) is 5.57 Å². The highest BCUT2D eigenvalue weighted by molar-refractivity contribution is 7.96. The zero-order valence-electron chi connectivity index (χ0n) is 17.2. The van der Waals surface area contributed by atoms with Gasteiger partial charge in [-0.1, -0.05) is 25.5 Å². The van der Waals surface area contributed by atoms with Gasteiger partial charge in [-0.05, 0) is 63.0 Å². The fourth-order valence-corrected chi connectivity index (χ4v) is 7.88. The molecule has 3 saturated carbocycles. The SMILES string of the molecule is CCC(=O)O[C@]1(C(=O)S)CCC2C3CCC4=CC(=O)C=CC4(C)C34O[C@H]4CC21C. The van der Waals surface area contributed by atoms with Gasteiger partial charge in [-0.15, -0.1) is 12.6 Å². The van der Waals surface area contributed by atoms with E-state index in [4.69, 9.17) is 9.47 Å². The van der Waals surface area contributed by atoms with Crippen molar-refractivity contribution in [2.24, 2.45) is 22.7 Å². The maximum Gasteiger partial charge on any atom is 0.306 e. The number of carbonyl (C=O) groups is 3. The molecule has 1 spiro atoms. The number of rotatable bonds is 3. The number of esters is 1. The number of allylic oxidation sites excluding steroid dienone is 2. The second kappa shape index (κ2) is 5.85. The summed E-state index contributed by atoms with van der Waals surface area (Å²) in [5.74, 6) is 0.183. The predicted molar refractivity (Wildman–Crippen MR) is 109 cm³/mol. The van der Waals surface area contributed by atoms with Crippen LogP contribution in [0.1, 0.15) is 59.3 Å². The second-order valence-electron chi connectivity index (χ2n) is 9.88. The van der Waals surface area contributed by atoms with Crippen molar-refractivity contribution in [2.45, 2.75) is 76.6 Å². The van der Waals surface area contributed by atoms with Gasteiger partial charge >= 0.3 is 5.97 Å². The first-order valence-corrected chi connectivity index (χ1v) is 11.2. The Balaban J connectivity index is 1.57. The van der Waals surface area contributed by atoms with Crippen molar-refractivity contribution in [2.75, 3.05) is 0 Å². The second-order valence-corrected chi connectivity index (χ2v) is 10.3. The minimum Gasteiger partial charge on any atom is -0.449 e. The average molecular weight is 417 g/mol. The zero-order valence-corrected chi connectivity index (χ0v) is 18.1. The zero-order chi connectivity index (χ0) is 20.8. The summed E-state index contributed by atoms with van der Waals surface area (Å²) in [7, 11) is 0. The quantitative estimate of drug-likeness (QED) is 0.433. The molecular weight excluding hydrogens is 388 g/mol. The van der Waals surface area contributed by atoms with E-state index in [0.29, 0.717) is 12.8 Å². The molecule has 0 aromatic rings. The van der Waals surface area contributed by atoms with Crippen LogP contribution in [0.25, 0.3) is 0 Å². The first-order valence-electron chi connectivity index (χ1n) is 10.7. The molecule has 5 rings (SSSR count). The fraction of sp³-hybridized carbons (Fsp3) is 0.696. The average Bonchev–Trinajstić information content (AvgIpc) is 3.31. The molecule has 29 heavy (non-hydrogen) atoms. The topological polar surface area (TPSA) is 73.0 Å². The molecule has 0 radical (unpaired) electrons. The van der Waals surface area contributed by atoms with Gasteiger partial charge in [0.2, 0.25) is 5.12 Å². The molecular formula is C23H28O5S. The number of ketones is 1. The lowest BCUT2D eigenvalue weighted by Gasteiger charge is -2.55. The third-order valence-corrected chi connectivity index (χ3v) is 9.34. The molecule has 5 nitrogen and oxygen atoms in total. The Morgan fingerprint density at radius 3 is 2.72 bits per heavy atom. The summed E-state index contributed by atoms with van der Waals surface area (Å²) in [6, 6.07) is 0. The molecule has 1 heterocycles. The standard InChI is InChI=1S/C23H28O5S/c1-4-18(25)28-22(19(26)29)10-8-15-16-6-5-13-11-14(24)7-9-20(13,2)23(16)17(27-23)12-21(15,22)3/h7,9,11,15-17H,4-6,8,10,12H2,1-3H3,(H,26,29)/t15?,16?,17-,20?,21?,22-,23?/m0/s1. The molecule has 5 unspecified atom stereocenters. The Kier molecular flexibility index (Phi) is 3.94. The summed E-state index contributed by atoms with van der Waals surface area (Å²) in [6.07, 6.45) is 9.53. The molecule has 5 aliphatic rings. The number of thiol groups is 1. The van der Waals surface area contributed by atoms with Crippen LogP contribution < -0.4 is 0 Å². The molecule has 0 bridgehead atoms. The Morgan fingerprint density at radius 1 is 1.28 bits per heavy atom. The van der Waals surface area contributed by atoms with E-state index < -0.39 is 11.0 Å². The van der Waals surface area contributed by atoms with Crippen molar-refractivity contribution in [3.05, 3.63) is 23.8 Å². The minimum absolute atomic E-state index is 0.00853. The van der Waals surface area contributed by atoms with E-state index in [1.807, 2.05) is 6.08 Å². The summed E-state index contributed by atoms with van der Waals surface area (Å²) in [5, 5.41) is -0.344. The van der Waals surface area contributed by atoms with Crippen LogP contribution in [0.3, 0.4) is 0 Å². The first-order chi connectivity index (χ1) is 13.6. The first kappa shape index (κ1) is 19.6. The van der Waals surface area contributed by atoms with Crippen molar-refractivity contribution in [1.82, 2.24) is 0 Å². The third kappa shape index (κ3) is 2.15. The third-order valence-electron chi connectivity index (χ3n) is 8.98. The summed E-state index contributed by atoms with van der Waals surface area (Å²) in [4.78, 5) is 37.0. The van der Waals surface area contributed by atoms with Gasteiger partial charge in [-0.3, -0.25) is 14.4 Å². The summed E-state index contributed by atoms with van der Waals surface area (Å²) in [5.41, 5.74) is -1.10. The van der Waals surface area contributed by atoms with Gasteiger partial charge in [0, 0.05) is 17.3 Å². The number of hydrogen-bond acceptors (Lipinski definition) is 5. The van der Waals surface area contributed by atoms with E-state index in [9.17, 15) is 14.4 Å². The predicted octanol–water partition coefficient (Wildman–Crippen LogP) is 3.57. The van der Waals surface area contributed by atoms with E-state index >= 15 is 0 Å². The van der Waals surface area contributed by atoms with Gasteiger partial charge in [0.05, 0.1) is 6.10 Å². The fourth-order valence-electron chi connectivity index (χ4n) is 7.46. The van der Waals surface area contributed by atoms with Gasteiger partial charge in [-0.2, -0.15) is 0 Å². The van der Waals surface area contributed by atoms with Crippen LogP contribution in [0.5, 0.6) is 0 Å². The minimum atomic E-state index is -1.18. The highest BCUT2D eigenvalue weighted by Gasteiger charge is 2.81. The molecule has 7 atom stereocenters. The molecule has 1 aliphatic heterocycles. The van der Waals surface area contributed by atoms with E-state index in [2.05, 4.69) is 26.5 Å². The van der Waals surface area contributed by atoms with Gasteiger partial charge < -0.3 is 9.47 Å². The van der Waals surface area contributed by atoms with Gasteiger partial charge in [-0.25, -0.2) is 0 Å². The number of epoxide rings is 1. The number of hydrogen-bond donors (Lipinski definition) is 1. The van der Waals surface area contributed by atoms with Crippen LogP contribution in [-0.2, 0) is 23.9 Å². The van der Waals surface area contributed by atoms with E-state index in [1.54, 1.807) is 19.1 Å². The van der Waals surface area contributed by atoms with Gasteiger partial charge in [0.25, 0.3) is 0 Å². The molecule has 4 fully saturated rings. The summed E-state index contributed by atoms with van der Waals surface area (Å²) >= 11 is 4.21. The molecule has 4 aliphatic carbocycles. The molecule has 0 amide bonds. The number of carbonyl (C=O) groups excluding carboxylic acids is 3. The normalized spacial score (nSPS) is 49.3. The molecule has 6 heteroatoms. The van der Waals surface area contributed by atoms with Gasteiger partial charge in [0.15, 0.2) is 11.4 Å². The molecule has 0 N–H and O–H groups in total. The highest BCUT2D eigenvalue weighted by Crippen LogP contribution is 2.76. The summed E-state index contributed by atoms with van der Waals surface area (Å²) in [6.45, 7) is 6.04. The van der Waals surface area contributed by atoms with Crippen molar-refractivity contribution in [3.63, 3.8) is 0 Å². The highest BCUT2D eigenvalue weighted by atomic mass is 32.1. The van der Waals surface area contributed by atoms with E-state index in [0.717, 1.165) is 19.3 Å². The van der Waals surface area contributed by atoms with Crippen molar-refractivity contribution >= 4 is 29.5 Å². The maximum absolute atomic E-state index is 12.8. The van der Waals surface area contributed by atoms with Crippen molar-refractivity contribution in [1.29, 1.82) is 0 Å². The van der Waals surface area contributed by atoms with Crippen molar-refractivity contribution in [3.8, 4) is 0 Å². The lowest BCUT2D eigenvalue weighted by Crippen LogP contribution is -2.61. The monoisotopic (exact) mass is 416 g/mol. The van der Waals surface area contributed by atoms with Crippen LogP contribution in [-0.4, -0.2) is 34.2 Å². The smallest absolute Gasteiger partial charge is 0.306 e. The largest absolute Gasteiger partial charge is 0.449 e. The molecule has 156 valence electrons. The summed E-state index contributed by atoms with van der Waals surface area (Å²) < 4.78 is 12.4. The Bertz CT molecular complexity index is 892. The van der Waals surface area contributed by atoms with Gasteiger partial charge in [0.1, 0.15) is 5.60 Å². The molecule has 1 saturated heterocycles. The molecule has 0 aromatic carbocycles. The Labute approximate surface area is 176 Å². The Morgan fingerprint density at radius 2 is 2.03 bits per heavy atom. The van der Waals surface area contributed by atoms with Crippen LogP contribution >= 0.6 is 12.6 Å². The maximum atomic E-state index is 12.8. The lowest BCUT2D eigenvalue weighted by molar-refractivity contribution is -0.181. The van der Waals surface area contributed by atoms with Crippen LogP contribution in [0.2, 0.25) is 0 Å².